The van der Waals surface area contributed by atoms with Crippen molar-refractivity contribution in [3.63, 3.8) is 0 Å². The summed E-state index contributed by atoms with van der Waals surface area (Å²) in [5, 5.41) is 6.83. The Hall–Kier alpha value is -1.41. The maximum absolute atomic E-state index is 12.6. The van der Waals surface area contributed by atoms with Crippen LogP contribution in [0, 0.1) is 0 Å². The highest BCUT2D eigenvalue weighted by Gasteiger charge is 2.38. The van der Waals surface area contributed by atoms with Crippen LogP contribution in [0.25, 0.3) is 0 Å². The first kappa shape index (κ1) is 15.0. The molecule has 108 valence electrons. The van der Waals surface area contributed by atoms with E-state index in [0.29, 0.717) is 9.70 Å². The Morgan fingerprint density at radius 2 is 1.95 bits per heavy atom. The van der Waals surface area contributed by atoms with Gasteiger partial charge in [-0.15, -0.1) is 10.2 Å². The molecule has 0 unspecified atom stereocenters. The van der Waals surface area contributed by atoms with E-state index >= 15 is 0 Å². The minimum Gasteiger partial charge on any atom is -0.335 e. The van der Waals surface area contributed by atoms with E-state index in [4.69, 9.17) is 17.4 Å². The molecule has 9 heteroatoms. The van der Waals surface area contributed by atoms with Crippen LogP contribution in [-0.4, -0.2) is 14.9 Å². The van der Waals surface area contributed by atoms with Crippen LogP contribution < -0.4 is 5.84 Å². The molecule has 4 nitrogen and oxygen atoms in total. The molecule has 0 saturated heterocycles. The number of nitrogens with two attached hydrogens (primary N) is 1. The molecule has 20 heavy (non-hydrogen) atoms. The summed E-state index contributed by atoms with van der Waals surface area (Å²) >= 11 is 7.09. The first-order valence-corrected chi connectivity index (χ1v) is 6.75. The predicted octanol–water partition coefficient (Wildman–Crippen LogP) is 3.52. The van der Waals surface area contributed by atoms with Crippen LogP contribution in [0.3, 0.4) is 0 Å². The van der Waals surface area contributed by atoms with Crippen LogP contribution in [0.2, 0.25) is 5.02 Å². The van der Waals surface area contributed by atoms with E-state index in [9.17, 15) is 13.2 Å². The van der Waals surface area contributed by atoms with Crippen molar-refractivity contribution in [2.75, 3.05) is 5.84 Å². The van der Waals surface area contributed by atoms with Crippen molar-refractivity contribution in [2.45, 2.75) is 23.5 Å². The number of rotatable bonds is 3. The number of nitrogens with zero attached hydrogens (tertiary/aromatic N) is 3. The van der Waals surface area contributed by atoms with Gasteiger partial charge in [-0.1, -0.05) is 41.6 Å². The van der Waals surface area contributed by atoms with E-state index < -0.39 is 12.0 Å². The first-order valence-electron chi connectivity index (χ1n) is 5.49. The summed E-state index contributed by atoms with van der Waals surface area (Å²) in [5.74, 6) is 4.14. The summed E-state index contributed by atoms with van der Waals surface area (Å²) in [6.45, 7) is 1.80. The molecule has 0 fully saturated rings. The third-order valence-corrected chi connectivity index (χ3v) is 3.98. The summed E-state index contributed by atoms with van der Waals surface area (Å²) in [5.41, 5.74) is 0.788. The standard InChI is InChI=1S/C11H10ClF3N4S/c1-6(7-4-2-3-5-8(7)12)20-10-18-17-9(19(10)16)11(13,14)15/h2-6H,16H2,1H3/t6-/m1/s1. The summed E-state index contributed by atoms with van der Waals surface area (Å²) in [7, 11) is 0. The Balaban J connectivity index is 2.23. The zero-order valence-electron chi connectivity index (χ0n) is 10.2. The second-order valence-corrected chi connectivity index (χ2v) is 5.67. The molecule has 2 rings (SSSR count). The van der Waals surface area contributed by atoms with E-state index in [2.05, 4.69) is 10.2 Å². The van der Waals surface area contributed by atoms with Gasteiger partial charge in [0.25, 0.3) is 5.82 Å². The summed E-state index contributed by atoms with van der Waals surface area (Å²) in [6, 6.07) is 7.08. The van der Waals surface area contributed by atoms with Gasteiger partial charge in [-0.3, -0.25) is 0 Å². The number of benzene rings is 1. The van der Waals surface area contributed by atoms with Crippen LogP contribution >= 0.6 is 23.4 Å². The monoisotopic (exact) mass is 322 g/mol. The van der Waals surface area contributed by atoms with E-state index in [1.54, 1.807) is 31.2 Å². The molecule has 0 aliphatic heterocycles. The van der Waals surface area contributed by atoms with Crippen molar-refractivity contribution in [3.05, 3.63) is 40.7 Å². The molecule has 0 amide bonds. The quantitative estimate of drug-likeness (QED) is 0.694. The summed E-state index contributed by atoms with van der Waals surface area (Å²) < 4.78 is 38.1. The van der Waals surface area contributed by atoms with Gasteiger partial charge in [0.2, 0.25) is 5.16 Å². The number of hydrogen-bond donors (Lipinski definition) is 1. The summed E-state index contributed by atoms with van der Waals surface area (Å²) in [4.78, 5) is 0. The zero-order chi connectivity index (χ0) is 14.9. The average molecular weight is 323 g/mol. The number of alkyl halides is 3. The fraction of sp³-hybridized carbons (Fsp3) is 0.273. The molecule has 0 aliphatic rings. The van der Waals surface area contributed by atoms with Gasteiger partial charge >= 0.3 is 6.18 Å². The number of aromatic nitrogens is 3. The van der Waals surface area contributed by atoms with Crippen LogP contribution in [-0.2, 0) is 6.18 Å². The van der Waals surface area contributed by atoms with Crippen LogP contribution in [0.5, 0.6) is 0 Å². The first-order chi connectivity index (χ1) is 9.30. The maximum atomic E-state index is 12.6. The van der Waals surface area contributed by atoms with Crippen molar-refractivity contribution in [1.82, 2.24) is 14.9 Å². The van der Waals surface area contributed by atoms with Gasteiger partial charge in [-0.2, -0.15) is 13.2 Å². The Kier molecular flexibility index (Phi) is 4.14. The lowest BCUT2D eigenvalue weighted by Crippen LogP contribution is -2.21. The molecule has 1 aromatic heterocycles. The maximum Gasteiger partial charge on any atom is 0.453 e. The lowest BCUT2D eigenvalue weighted by molar-refractivity contribution is -0.146. The normalized spacial score (nSPS) is 13.4. The fourth-order valence-electron chi connectivity index (χ4n) is 1.58. The molecule has 1 aromatic carbocycles. The summed E-state index contributed by atoms with van der Waals surface area (Å²) in [6.07, 6.45) is -4.63. The van der Waals surface area contributed by atoms with E-state index in [0.717, 1.165) is 17.3 Å². The third-order valence-electron chi connectivity index (χ3n) is 2.54. The van der Waals surface area contributed by atoms with Crippen molar-refractivity contribution in [1.29, 1.82) is 0 Å². The highest BCUT2D eigenvalue weighted by atomic mass is 35.5. The zero-order valence-corrected chi connectivity index (χ0v) is 11.8. The molecule has 0 saturated carbocycles. The van der Waals surface area contributed by atoms with Gasteiger partial charge < -0.3 is 5.84 Å². The van der Waals surface area contributed by atoms with Crippen LogP contribution in [0.1, 0.15) is 23.6 Å². The Morgan fingerprint density at radius 1 is 1.30 bits per heavy atom. The highest BCUT2D eigenvalue weighted by molar-refractivity contribution is 7.99. The molecule has 2 N–H and O–H groups in total. The molecular weight excluding hydrogens is 313 g/mol. The fourth-order valence-corrected chi connectivity index (χ4v) is 2.88. The number of thioether (sulfide) groups is 1. The highest BCUT2D eigenvalue weighted by Crippen LogP contribution is 2.38. The Bertz CT molecular complexity index is 614. The largest absolute Gasteiger partial charge is 0.453 e. The molecule has 1 heterocycles. The van der Waals surface area contributed by atoms with Gasteiger partial charge in [-0.05, 0) is 18.6 Å². The minimum absolute atomic E-state index is 0.0234. The van der Waals surface area contributed by atoms with Crippen molar-refractivity contribution < 1.29 is 13.2 Å². The number of hydrogen-bond acceptors (Lipinski definition) is 4. The molecule has 0 bridgehead atoms. The third kappa shape index (κ3) is 3.01. The topological polar surface area (TPSA) is 56.7 Å². The smallest absolute Gasteiger partial charge is 0.335 e. The molecule has 0 spiro atoms. The minimum atomic E-state index is -4.63. The lowest BCUT2D eigenvalue weighted by atomic mass is 10.2. The van der Waals surface area contributed by atoms with Crippen LogP contribution in [0.15, 0.2) is 29.4 Å². The SMILES string of the molecule is C[C@@H](Sc1nnc(C(F)(F)F)n1N)c1ccccc1Cl. The van der Waals surface area contributed by atoms with Crippen LogP contribution in [0.4, 0.5) is 13.2 Å². The van der Waals surface area contributed by atoms with Gasteiger partial charge in [-0.25, -0.2) is 4.68 Å². The van der Waals surface area contributed by atoms with Gasteiger partial charge in [0.1, 0.15) is 0 Å². The predicted molar refractivity (Wildman–Crippen MR) is 70.9 cm³/mol. The number of nitrogen functional groups attached to an aromatic ring is 1. The van der Waals surface area contributed by atoms with E-state index in [-0.39, 0.29) is 10.4 Å². The second kappa shape index (κ2) is 5.53. The van der Waals surface area contributed by atoms with Crippen molar-refractivity contribution in [3.8, 4) is 0 Å². The second-order valence-electron chi connectivity index (χ2n) is 3.96. The van der Waals surface area contributed by atoms with Crippen molar-refractivity contribution in [2.24, 2.45) is 0 Å². The van der Waals surface area contributed by atoms with Crippen molar-refractivity contribution >= 4 is 23.4 Å². The van der Waals surface area contributed by atoms with E-state index in [1.807, 2.05) is 0 Å². The molecule has 0 aliphatic carbocycles. The molecular formula is C11H10ClF3N4S. The van der Waals surface area contributed by atoms with E-state index in [1.165, 1.54) is 0 Å². The average Bonchev–Trinajstić information content (AvgIpc) is 2.71. The Labute approximate surface area is 122 Å². The van der Waals surface area contributed by atoms with Gasteiger partial charge in [0.15, 0.2) is 0 Å². The van der Waals surface area contributed by atoms with Gasteiger partial charge in [0.05, 0.1) is 0 Å². The lowest BCUT2D eigenvalue weighted by Gasteiger charge is -2.12. The Morgan fingerprint density at radius 3 is 2.50 bits per heavy atom. The van der Waals surface area contributed by atoms with Gasteiger partial charge in [0, 0.05) is 10.3 Å². The molecule has 0 radical (unpaired) electrons. The molecule has 1 atom stereocenters. The molecule has 2 aromatic rings. The number of halogens is 4.